The fourth-order valence-electron chi connectivity index (χ4n) is 3.51. The third-order valence-corrected chi connectivity index (χ3v) is 4.52. The standard InChI is InChI=1S/C20H16N2O/c1-20(21)11-10-14-13-6-2-3-7-15(13)22-16-8-4-5-9-17(16)23-18(12-20)19(14)22/h2-12H,21H2,1H3. The maximum atomic E-state index is 6.37. The van der Waals surface area contributed by atoms with Crippen LogP contribution in [0.2, 0.25) is 0 Å². The van der Waals surface area contributed by atoms with Crippen molar-refractivity contribution in [2.75, 3.05) is 0 Å². The third kappa shape index (κ3) is 1.68. The summed E-state index contributed by atoms with van der Waals surface area (Å²) < 4.78 is 8.48. The minimum Gasteiger partial charge on any atom is -0.453 e. The van der Waals surface area contributed by atoms with E-state index in [2.05, 4.69) is 41.0 Å². The maximum absolute atomic E-state index is 6.37. The Labute approximate surface area is 134 Å². The van der Waals surface area contributed by atoms with Crippen molar-refractivity contribution >= 4 is 22.7 Å². The number of rotatable bonds is 0. The number of hydrogen-bond acceptors (Lipinski definition) is 2. The first-order valence-electron chi connectivity index (χ1n) is 7.76. The second kappa shape index (κ2) is 4.15. The molecule has 0 fully saturated rings. The second-order valence-electron chi connectivity index (χ2n) is 6.39. The van der Waals surface area contributed by atoms with Gasteiger partial charge in [-0.3, -0.25) is 0 Å². The molecular weight excluding hydrogens is 284 g/mol. The Balaban J connectivity index is 2.00. The SMILES string of the molecule is CC1(N)C=Cc2c3n(c4ccccc24)-c2ccccc2OC3=C1. The average molecular weight is 300 g/mol. The molecule has 112 valence electrons. The van der Waals surface area contributed by atoms with E-state index in [1.54, 1.807) is 0 Å². The summed E-state index contributed by atoms with van der Waals surface area (Å²) >= 11 is 0. The minimum absolute atomic E-state index is 0.535. The lowest BCUT2D eigenvalue weighted by molar-refractivity contribution is 0.488. The molecule has 0 spiro atoms. The zero-order valence-corrected chi connectivity index (χ0v) is 12.8. The van der Waals surface area contributed by atoms with Crippen LogP contribution in [0, 0.1) is 0 Å². The van der Waals surface area contributed by atoms with E-state index in [4.69, 9.17) is 10.5 Å². The van der Waals surface area contributed by atoms with Gasteiger partial charge in [-0.1, -0.05) is 42.5 Å². The minimum atomic E-state index is -0.535. The van der Waals surface area contributed by atoms with Gasteiger partial charge in [0.2, 0.25) is 0 Å². The summed E-state index contributed by atoms with van der Waals surface area (Å²) in [4.78, 5) is 0. The van der Waals surface area contributed by atoms with Gasteiger partial charge in [0.1, 0.15) is 5.76 Å². The molecule has 3 aromatic rings. The van der Waals surface area contributed by atoms with E-state index in [0.717, 1.165) is 28.5 Å². The highest BCUT2D eigenvalue weighted by Crippen LogP contribution is 2.44. The van der Waals surface area contributed by atoms with Crippen LogP contribution in [-0.4, -0.2) is 10.1 Å². The smallest absolute Gasteiger partial charge is 0.151 e. The molecule has 2 N–H and O–H groups in total. The fraction of sp³-hybridized carbons (Fsp3) is 0.100. The number of ether oxygens (including phenoxy) is 1. The van der Waals surface area contributed by atoms with E-state index in [1.165, 1.54) is 10.9 Å². The number of hydrogen-bond donors (Lipinski definition) is 1. The first-order valence-corrected chi connectivity index (χ1v) is 7.76. The first kappa shape index (κ1) is 12.7. The Morgan fingerprint density at radius 3 is 2.74 bits per heavy atom. The van der Waals surface area contributed by atoms with Crippen molar-refractivity contribution in [3.63, 3.8) is 0 Å². The summed E-state index contributed by atoms with van der Waals surface area (Å²) in [6.07, 6.45) is 6.16. The van der Waals surface area contributed by atoms with E-state index in [9.17, 15) is 0 Å². The molecule has 0 saturated carbocycles. The normalized spacial score (nSPS) is 21.2. The van der Waals surface area contributed by atoms with E-state index >= 15 is 0 Å². The van der Waals surface area contributed by atoms with Crippen LogP contribution >= 0.6 is 0 Å². The van der Waals surface area contributed by atoms with Gasteiger partial charge in [-0.05, 0) is 31.2 Å². The van der Waals surface area contributed by atoms with Crippen LogP contribution in [0.5, 0.6) is 5.75 Å². The fourth-order valence-corrected chi connectivity index (χ4v) is 3.51. The molecule has 1 aromatic heterocycles. The van der Waals surface area contributed by atoms with Gasteiger partial charge in [-0.15, -0.1) is 0 Å². The van der Waals surface area contributed by atoms with Gasteiger partial charge < -0.3 is 15.0 Å². The predicted molar refractivity (Wildman–Crippen MR) is 93.5 cm³/mol. The van der Waals surface area contributed by atoms with Crippen LogP contribution < -0.4 is 10.5 Å². The number of fused-ring (bicyclic) bond motifs is 5. The molecule has 5 rings (SSSR count). The zero-order valence-electron chi connectivity index (χ0n) is 12.8. The van der Waals surface area contributed by atoms with Gasteiger partial charge >= 0.3 is 0 Å². The molecule has 0 bridgehead atoms. The molecule has 0 amide bonds. The van der Waals surface area contributed by atoms with Crippen LogP contribution in [0.1, 0.15) is 18.2 Å². The average Bonchev–Trinajstić information content (AvgIpc) is 2.81. The van der Waals surface area contributed by atoms with Crippen molar-refractivity contribution in [1.82, 2.24) is 4.57 Å². The highest BCUT2D eigenvalue weighted by Gasteiger charge is 2.30. The van der Waals surface area contributed by atoms with Crippen LogP contribution in [0.3, 0.4) is 0 Å². The van der Waals surface area contributed by atoms with Crippen LogP contribution in [0.25, 0.3) is 28.4 Å². The topological polar surface area (TPSA) is 40.2 Å². The Morgan fingerprint density at radius 1 is 1.04 bits per heavy atom. The zero-order chi connectivity index (χ0) is 15.6. The number of nitrogens with two attached hydrogens (primary N) is 1. The molecule has 3 heteroatoms. The van der Waals surface area contributed by atoms with E-state index < -0.39 is 5.54 Å². The molecular formula is C20H16N2O. The molecule has 1 aliphatic heterocycles. The highest BCUT2D eigenvalue weighted by molar-refractivity contribution is 5.98. The van der Waals surface area contributed by atoms with Crippen LogP contribution in [-0.2, 0) is 0 Å². The van der Waals surface area contributed by atoms with E-state index in [-0.39, 0.29) is 0 Å². The molecule has 23 heavy (non-hydrogen) atoms. The summed E-state index contributed by atoms with van der Waals surface area (Å²) in [5, 5.41) is 1.21. The Bertz CT molecular complexity index is 1020. The lowest BCUT2D eigenvalue weighted by atomic mass is 10.0. The molecule has 0 saturated heterocycles. The van der Waals surface area contributed by atoms with Crippen molar-refractivity contribution in [3.8, 4) is 11.4 Å². The summed E-state index contributed by atoms with van der Waals surface area (Å²) in [7, 11) is 0. The first-order chi connectivity index (χ1) is 11.1. The van der Waals surface area contributed by atoms with Gasteiger partial charge in [0.05, 0.1) is 22.4 Å². The largest absolute Gasteiger partial charge is 0.453 e. The lowest BCUT2D eigenvalue weighted by Crippen LogP contribution is -2.31. The molecule has 2 heterocycles. The monoisotopic (exact) mass is 300 g/mol. The van der Waals surface area contributed by atoms with E-state index in [1.807, 2.05) is 37.3 Å². The number of aromatic nitrogens is 1. The van der Waals surface area contributed by atoms with Gasteiger partial charge in [-0.25, -0.2) is 0 Å². The summed E-state index contributed by atoms with van der Waals surface area (Å²) in [5.41, 5.74) is 10.3. The van der Waals surface area contributed by atoms with Crippen LogP contribution in [0.4, 0.5) is 0 Å². The lowest BCUT2D eigenvalue weighted by Gasteiger charge is -2.25. The Morgan fingerprint density at radius 2 is 1.83 bits per heavy atom. The molecule has 1 atom stereocenters. The summed E-state index contributed by atoms with van der Waals surface area (Å²) in [6, 6.07) is 16.6. The molecule has 2 aliphatic rings. The van der Waals surface area contributed by atoms with Crippen molar-refractivity contribution < 1.29 is 4.74 Å². The Kier molecular flexibility index (Phi) is 2.30. The van der Waals surface area contributed by atoms with Crippen LogP contribution in [0.15, 0.2) is 60.7 Å². The summed E-state index contributed by atoms with van der Waals surface area (Å²) in [6.45, 7) is 1.98. The quantitative estimate of drug-likeness (QED) is 0.679. The van der Waals surface area contributed by atoms with Crippen molar-refractivity contribution in [2.24, 2.45) is 5.73 Å². The van der Waals surface area contributed by atoms with Gasteiger partial charge in [0, 0.05) is 10.9 Å². The maximum Gasteiger partial charge on any atom is 0.151 e. The number of benzene rings is 2. The number of nitrogens with zero attached hydrogens (tertiary/aromatic N) is 1. The van der Waals surface area contributed by atoms with Gasteiger partial charge in [0.25, 0.3) is 0 Å². The molecule has 0 radical (unpaired) electrons. The van der Waals surface area contributed by atoms with Gasteiger partial charge in [-0.2, -0.15) is 0 Å². The second-order valence-corrected chi connectivity index (χ2v) is 6.39. The van der Waals surface area contributed by atoms with E-state index in [0.29, 0.717) is 0 Å². The molecule has 2 aromatic carbocycles. The van der Waals surface area contributed by atoms with Crippen molar-refractivity contribution in [2.45, 2.75) is 12.5 Å². The Hall–Kier alpha value is -2.78. The molecule has 3 nitrogen and oxygen atoms in total. The summed E-state index contributed by atoms with van der Waals surface area (Å²) in [5.74, 6) is 1.68. The van der Waals surface area contributed by atoms with Gasteiger partial charge in [0.15, 0.2) is 5.75 Å². The predicted octanol–water partition coefficient (Wildman–Crippen LogP) is 4.11. The van der Waals surface area contributed by atoms with Crippen molar-refractivity contribution in [3.05, 3.63) is 71.9 Å². The van der Waals surface area contributed by atoms with Crippen molar-refractivity contribution in [1.29, 1.82) is 0 Å². The highest BCUT2D eigenvalue weighted by atomic mass is 16.5. The molecule has 1 aliphatic carbocycles. The molecule has 1 unspecified atom stereocenters. The number of para-hydroxylation sites is 3. The third-order valence-electron chi connectivity index (χ3n) is 4.52.